The molecule has 130 valence electrons. The number of nitrogens with zero attached hydrogens (tertiary/aromatic N) is 3. The highest BCUT2D eigenvalue weighted by molar-refractivity contribution is 7.11. The van der Waals surface area contributed by atoms with Gasteiger partial charge in [-0.3, -0.25) is 4.90 Å². The Balaban J connectivity index is 1.51. The van der Waals surface area contributed by atoms with Gasteiger partial charge >= 0.3 is 0 Å². The molecule has 0 aliphatic carbocycles. The highest BCUT2D eigenvalue weighted by Gasteiger charge is 2.18. The third kappa shape index (κ3) is 4.68. The molecule has 0 aromatic carbocycles. The summed E-state index contributed by atoms with van der Waals surface area (Å²) in [5.74, 6) is 1.14. The molecule has 0 spiro atoms. The number of nitrogens with two attached hydrogens (primary N) is 1. The molecule has 1 aliphatic heterocycles. The molecule has 5 nitrogen and oxygen atoms in total. The van der Waals surface area contributed by atoms with Crippen molar-refractivity contribution in [1.82, 2.24) is 14.9 Å². The molecule has 1 fully saturated rings. The molecule has 1 aliphatic rings. The SMILES string of the molecule is CC(C)c1cnc(CN2CCC[C@@H](Nc3ccc(N)nc3)CC2)s1. The molecule has 2 aromatic rings. The molecule has 1 atom stereocenters. The summed E-state index contributed by atoms with van der Waals surface area (Å²) in [6.07, 6.45) is 7.41. The van der Waals surface area contributed by atoms with Crippen molar-refractivity contribution in [3.05, 3.63) is 34.4 Å². The summed E-state index contributed by atoms with van der Waals surface area (Å²) < 4.78 is 0. The third-order valence-electron chi connectivity index (χ3n) is 4.48. The standard InChI is InChI=1S/C18H27N5S/c1-13(2)16-11-21-18(24-16)12-23-8-3-4-14(7-9-23)22-15-5-6-17(19)20-10-15/h5-6,10-11,13-14,22H,3-4,7-9,12H2,1-2H3,(H2,19,20)/t14-/m1/s1. The molecule has 0 bridgehead atoms. The fraction of sp³-hybridized carbons (Fsp3) is 0.556. The van der Waals surface area contributed by atoms with Gasteiger partial charge in [0.1, 0.15) is 10.8 Å². The molecule has 3 heterocycles. The molecule has 3 rings (SSSR count). The van der Waals surface area contributed by atoms with Gasteiger partial charge in [-0.15, -0.1) is 11.3 Å². The van der Waals surface area contributed by atoms with Gasteiger partial charge in [0.25, 0.3) is 0 Å². The van der Waals surface area contributed by atoms with E-state index in [2.05, 4.69) is 34.0 Å². The summed E-state index contributed by atoms with van der Waals surface area (Å²) in [6.45, 7) is 7.69. The van der Waals surface area contributed by atoms with Crippen LogP contribution < -0.4 is 11.1 Å². The number of pyridine rings is 1. The van der Waals surface area contributed by atoms with Crippen molar-refractivity contribution in [2.75, 3.05) is 24.1 Å². The van der Waals surface area contributed by atoms with E-state index >= 15 is 0 Å². The lowest BCUT2D eigenvalue weighted by atomic mass is 10.1. The van der Waals surface area contributed by atoms with E-state index < -0.39 is 0 Å². The van der Waals surface area contributed by atoms with Crippen LogP contribution in [-0.2, 0) is 6.54 Å². The van der Waals surface area contributed by atoms with Crippen LogP contribution in [0.3, 0.4) is 0 Å². The molecule has 0 unspecified atom stereocenters. The molecule has 0 saturated carbocycles. The summed E-state index contributed by atoms with van der Waals surface area (Å²) in [6, 6.07) is 4.36. The maximum Gasteiger partial charge on any atom is 0.123 e. The van der Waals surface area contributed by atoms with Crippen LogP contribution in [0.1, 0.15) is 48.9 Å². The van der Waals surface area contributed by atoms with Crippen molar-refractivity contribution in [3.63, 3.8) is 0 Å². The minimum absolute atomic E-state index is 0.503. The van der Waals surface area contributed by atoms with Crippen LogP contribution in [0, 0.1) is 0 Å². The molecule has 2 aromatic heterocycles. The fourth-order valence-electron chi connectivity index (χ4n) is 3.04. The van der Waals surface area contributed by atoms with Gasteiger partial charge in [-0.05, 0) is 43.9 Å². The molecule has 0 amide bonds. The van der Waals surface area contributed by atoms with E-state index in [1.807, 2.05) is 35.9 Å². The quantitative estimate of drug-likeness (QED) is 0.865. The topological polar surface area (TPSA) is 67.1 Å². The number of nitrogen functional groups attached to an aromatic ring is 1. The molecular weight excluding hydrogens is 318 g/mol. The monoisotopic (exact) mass is 345 g/mol. The first-order valence-corrected chi connectivity index (χ1v) is 9.57. The highest BCUT2D eigenvalue weighted by Crippen LogP contribution is 2.24. The van der Waals surface area contributed by atoms with Gasteiger partial charge in [0, 0.05) is 23.7 Å². The van der Waals surface area contributed by atoms with Crippen LogP contribution in [0.5, 0.6) is 0 Å². The van der Waals surface area contributed by atoms with Gasteiger partial charge in [-0.2, -0.15) is 0 Å². The Morgan fingerprint density at radius 2 is 2.12 bits per heavy atom. The Kier molecular flexibility index (Phi) is 5.68. The normalized spacial score (nSPS) is 19.4. The smallest absolute Gasteiger partial charge is 0.123 e. The predicted octanol–water partition coefficient (Wildman–Crippen LogP) is 3.71. The van der Waals surface area contributed by atoms with Crippen LogP contribution in [0.2, 0.25) is 0 Å². The maximum absolute atomic E-state index is 5.65. The zero-order chi connectivity index (χ0) is 16.9. The first-order chi connectivity index (χ1) is 11.6. The fourth-order valence-corrected chi connectivity index (χ4v) is 4.01. The maximum atomic E-state index is 5.65. The van der Waals surface area contributed by atoms with E-state index in [-0.39, 0.29) is 0 Å². The second-order valence-corrected chi connectivity index (χ2v) is 7.98. The van der Waals surface area contributed by atoms with Gasteiger partial charge in [0.05, 0.1) is 18.4 Å². The molecular formula is C18H27N5S. The summed E-state index contributed by atoms with van der Waals surface area (Å²) in [7, 11) is 0. The summed E-state index contributed by atoms with van der Waals surface area (Å²) in [4.78, 5) is 12.7. The minimum atomic E-state index is 0.503. The first kappa shape index (κ1) is 17.2. The summed E-state index contributed by atoms with van der Waals surface area (Å²) in [5, 5.41) is 4.84. The summed E-state index contributed by atoms with van der Waals surface area (Å²) in [5.41, 5.74) is 6.71. The Labute approximate surface area is 148 Å². The van der Waals surface area contributed by atoms with Crippen molar-refractivity contribution in [3.8, 4) is 0 Å². The van der Waals surface area contributed by atoms with E-state index in [0.29, 0.717) is 17.8 Å². The molecule has 0 radical (unpaired) electrons. The number of thiazole rings is 1. The average molecular weight is 346 g/mol. The third-order valence-corrected chi connectivity index (χ3v) is 5.76. The number of anilines is 2. The van der Waals surface area contributed by atoms with E-state index in [4.69, 9.17) is 5.73 Å². The Bertz CT molecular complexity index is 637. The van der Waals surface area contributed by atoms with Crippen molar-refractivity contribution in [2.24, 2.45) is 0 Å². The first-order valence-electron chi connectivity index (χ1n) is 8.75. The largest absolute Gasteiger partial charge is 0.384 e. The van der Waals surface area contributed by atoms with Crippen molar-refractivity contribution < 1.29 is 0 Å². The number of aromatic nitrogens is 2. The zero-order valence-electron chi connectivity index (χ0n) is 14.5. The Morgan fingerprint density at radius 1 is 1.25 bits per heavy atom. The predicted molar refractivity (Wildman–Crippen MR) is 101 cm³/mol. The second-order valence-electron chi connectivity index (χ2n) is 6.83. The van der Waals surface area contributed by atoms with Gasteiger partial charge < -0.3 is 11.1 Å². The lowest BCUT2D eigenvalue weighted by Crippen LogP contribution is -2.26. The number of hydrogen-bond donors (Lipinski definition) is 2. The number of nitrogens with one attached hydrogen (secondary N) is 1. The molecule has 3 N–H and O–H groups in total. The minimum Gasteiger partial charge on any atom is -0.384 e. The lowest BCUT2D eigenvalue weighted by Gasteiger charge is -2.19. The number of likely N-dealkylation sites (tertiary alicyclic amines) is 1. The molecule has 1 saturated heterocycles. The number of rotatable bonds is 5. The zero-order valence-corrected chi connectivity index (χ0v) is 15.4. The molecule has 6 heteroatoms. The van der Waals surface area contributed by atoms with Gasteiger partial charge in [0.15, 0.2) is 0 Å². The van der Waals surface area contributed by atoms with Crippen LogP contribution in [0.25, 0.3) is 0 Å². The highest BCUT2D eigenvalue weighted by atomic mass is 32.1. The van der Waals surface area contributed by atoms with Crippen LogP contribution in [0.4, 0.5) is 11.5 Å². The van der Waals surface area contributed by atoms with Gasteiger partial charge in [0.2, 0.25) is 0 Å². The van der Waals surface area contributed by atoms with E-state index in [1.54, 1.807) is 0 Å². The second kappa shape index (κ2) is 7.94. The van der Waals surface area contributed by atoms with E-state index in [9.17, 15) is 0 Å². The van der Waals surface area contributed by atoms with Gasteiger partial charge in [-0.25, -0.2) is 9.97 Å². The van der Waals surface area contributed by atoms with Crippen LogP contribution in [0.15, 0.2) is 24.5 Å². The Morgan fingerprint density at radius 3 is 2.83 bits per heavy atom. The van der Waals surface area contributed by atoms with Crippen molar-refractivity contribution in [1.29, 1.82) is 0 Å². The van der Waals surface area contributed by atoms with E-state index in [0.717, 1.165) is 31.7 Å². The van der Waals surface area contributed by atoms with Crippen LogP contribution >= 0.6 is 11.3 Å². The average Bonchev–Trinajstić information content (AvgIpc) is 2.92. The van der Waals surface area contributed by atoms with Gasteiger partial charge in [-0.1, -0.05) is 13.8 Å². The van der Waals surface area contributed by atoms with Crippen LogP contribution in [-0.4, -0.2) is 34.0 Å². The van der Waals surface area contributed by atoms with Crippen molar-refractivity contribution >= 4 is 22.8 Å². The number of hydrogen-bond acceptors (Lipinski definition) is 6. The van der Waals surface area contributed by atoms with Crippen molar-refractivity contribution in [2.45, 2.75) is 51.6 Å². The Hall–Kier alpha value is -1.66. The molecule has 24 heavy (non-hydrogen) atoms. The summed E-state index contributed by atoms with van der Waals surface area (Å²) >= 11 is 1.86. The lowest BCUT2D eigenvalue weighted by molar-refractivity contribution is 0.276. The van der Waals surface area contributed by atoms with E-state index in [1.165, 1.54) is 22.7 Å².